The molecule has 1 aromatic carbocycles. The van der Waals surface area contributed by atoms with E-state index in [-0.39, 0.29) is 48.9 Å². The van der Waals surface area contributed by atoms with Crippen LogP contribution in [-0.2, 0) is 32.9 Å². The predicted molar refractivity (Wildman–Crippen MR) is 162 cm³/mol. The van der Waals surface area contributed by atoms with Crippen LogP contribution in [0.5, 0.6) is 0 Å². The van der Waals surface area contributed by atoms with Gasteiger partial charge in [-0.2, -0.15) is 0 Å². The number of nitrogens with one attached hydrogen (secondary N) is 1. The van der Waals surface area contributed by atoms with Crippen molar-refractivity contribution in [1.29, 1.82) is 0 Å². The number of aryl methyl sites for hydroxylation is 1. The number of aromatic nitrogens is 4. The average molecular weight is 595 g/mol. The third-order valence-electron chi connectivity index (χ3n) is 7.67. The van der Waals surface area contributed by atoms with E-state index >= 15 is 0 Å². The summed E-state index contributed by atoms with van der Waals surface area (Å²) in [6.07, 6.45) is 1.19. The Bertz CT molecular complexity index is 1420. The zero-order valence-electron chi connectivity index (χ0n) is 25.5. The molecule has 1 aliphatic heterocycles. The smallest absolute Gasteiger partial charge is 0.243 e. The number of nitrogens with zero attached hydrogens (tertiary/aromatic N) is 5. The summed E-state index contributed by atoms with van der Waals surface area (Å²) in [6, 6.07) is 7.13. The Kier molecular flexibility index (Phi) is 9.32. The number of likely N-dealkylation sites (tertiary alicyclic amines) is 1. The molecule has 10 nitrogen and oxygen atoms in total. The lowest BCUT2D eigenvalue weighted by Gasteiger charge is -2.34. The highest BCUT2D eigenvalue weighted by Gasteiger charge is 2.44. The summed E-state index contributed by atoms with van der Waals surface area (Å²) in [4.78, 5) is 47.2. The molecule has 1 fully saturated rings. The highest BCUT2D eigenvalue weighted by Crippen LogP contribution is 2.34. The quantitative estimate of drug-likeness (QED) is 0.384. The summed E-state index contributed by atoms with van der Waals surface area (Å²) in [6.45, 7) is 14.1. The molecule has 4 rings (SSSR count). The fourth-order valence-electron chi connectivity index (χ4n) is 5.14. The fraction of sp³-hybridized carbons (Fsp3) is 0.548. The third kappa shape index (κ3) is 7.49. The van der Waals surface area contributed by atoms with Crippen molar-refractivity contribution in [2.75, 3.05) is 6.54 Å². The molecule has 226 valence electrons. The molecule has 11 heteroatoms. The van der Waals surface area contributed by atoms with Gasteiger partial charge in [-0.3, -0.25) is 14.4 Å². The molecule has 3 atom stereocenters. The molecule has 1 saturated heterocycles. The van der Waals surface area contributed by atoms with Gasteiger partial charge in [0.25, 0.3) is 0 Å². The topological polar surface area (TPSA) is 130 Å². The van der Waals surface area contributed by atoms with Crippen molar-refractivity contribution in [2.24, 2.45) is 11.3 Å². The van der Waals surface area contributed by atoms with Crippen LogP contribution in [0.1, 0.15) is 71.3 Å². The normalized spacial score (nSPS) is 18.2. The van der Waals surface area contributed by atoms with E-state index in [1.54, 1.807) is 22.2 Å². The van der Waals surface area contributed by atoms with Crippen LogP contribution in [0.3, 0.4) is 0 Å². The molecular formula is C31H42N6O4S. The van der Waals surface area contributed by atoms with Crippen molar-refractivity contribution in [3.63, 3.8) is 0 Å². The summed E-state index contributed by atoms with van der Waals surface area (Å²) < 4.78 is 1.72. The van der Waals surface area contributed by atoms with E-state index < -0.39 is 23.5 Å². The number of hydrogen-bond donors (Lipinski definition) is 2. The molecule has 0 spiro atoms. The molecule has 1 aliphatic rings. The Morgan fingerprint density at radius 1 is 1.12 bits per heavy atom. The fourth-order valence-corrected chi connectivity index (χ4v) is 5.95. The van der Waals surface area contributed by atoms with Crippen LogP contribution in [0.15, 0.2) is 36.0 Å². The van der Waals surface area contributed by atoms with Gasteiger partial charge in [0, 0.05) is 38.0 Å². The molecule has 0 bridgehead atoms. The first-order chi connectivity index (χ1) is 19.6. The molecule has 3 aromatic rings. The van der Waals surface area contributed by atoms with Crippen molar-refractivity contribution in [1.82, 2.24) is 30.2 Å². The SMILES string of the molecule is Cc1ncsc1-c1ccc(CNC(=O)C2CC(O)CN2C(=O)C(CC(=O)Cc2cn(C(C)(C)C)nn2)C(C)(C)C)cc1. The molecule has 3 unspecified atom stereocenters. The van der Waals surface area contributed by atoms with Crippen LogP contribution in [0, 0.1) is 18.3 Å². The van der Waals surface area contributed by atoms with Crippen LogP contribution in [0.2, 0.25) is 0 Å². The first kappa shape index (κ1) is 31.5. The van der Waals surface area contributed by atoms with Crippen molar-refractivity contribution < 1.29 is 19.5 Å². The Balaban J connectivity index is 1.41. The second kappa shape index (κ2) is 12.4. The Morgan fingerprint density at radius 3 is 2.38 bits per heavy atom. The van der Waals surface area contributed by atoms with E-state index in [9.17, 15) is 19.5 Å². The van der Waals surface area contributed by atoms with Crippen molar-refractivity contribution in [3.05, 3.63) is 52.9 Å². The van der Waals surface area contributed by atoms with Crippen molar-refractivity contribution in [2.45, 2.75) is 92.0 Å². The molecule has 0 radical (unpaired) electrons. The Hall–Kier alpha value is -3.44. The molecule has 3 heterocycles. The first-order valence-corrected chi connectivity index (χ1v) is 15.2. The van der Waals surface area contributed by atoms with E-state index in [4.69, 9.17) is 0 Å². The lowest BCUT2D eigenvalue weighted by molar-refractivity contribution is -0.146. The van der Waals surface area contributed by atoms with E-state index in [1.807, 2.05) is 78.2 Å². The lowest BCUT2D eigenvalue weighted by Crippen LogP contribution is -2.50. The zero-order chi connectivity index (χ0) is 30.8. The van der Waals surface area contributed by atoms with E-state index in [1.165, 1.54) is 4.90 Å². The Labute approximate surface area is 251 Å². The summed E-state index contributed by atoms with van der Waals surface area (Å²) >= 11 is 1.59. The van der Waals surface area contributed by atoms with E-state index in [0.717, 1.165) is 21.7 Å². The summed E-state index contributed by atoms with van der Waals surface area (Å²) in [5.41, 5.74) is 4.56. The minimum atomic E-state index is -0.810. The maximum Gasteiger partial charge on any atom is 0.243 e. The third-order valence-corrected chi connectivity index (χ3v) is 8.65. The molecule has 2 amide bonds. The monoisotopic (exact) mass is 594 g/mol. The van der Waals surface area contributed by atoms with Crippen LogP contribution >= 0.6 is 11.3 Å². The minimum Gasteiger partial charge on any atom is -0.391 e. The second-order valence-corrected chi connectivity index (χ2v) is 14.1. The van der Waals surface area contributed by atoms with Crippen molar-refractivity contribution in [3.8, 4) is 10.4 Å². The van der Waals surface area contributed by atoms with Crippen LogP contribution in [0.25, 0.3) is 10.4 Å². The number of β-amino-alcohol motifs (C(OH)–C–C–N with tert-alkyl or cyclic N) is 1. The molecular weight excluding hydrogens is 552 g/mol. The minimum absolute atomic E-state index is 0.0111. The number of ketones is 1. The van der Waals surface area contributed by atoms with Gasteiger partial charge in [-0.05, 0) is 44.2 Å². The highest BCUT2D eigenvalue weighted by molar-refractivity contribution is 7.13. The van der Waals surface area contributed by atoms with Crippen LogP contribution in [0.4, 0.5) is 0 Å². The van der Waals surface area contributed by atoms with Gasteiger partial charge >= 0.3 is 0 Å². The molecule has 2 aromatic heterocycles. The number of benzene rings is 1. The standard InChI is InChI=1S/C31H42N6O4S/c1-19-27(42-18-33-19)21-10-8-20(9-11-21)15-32-28(40)26-14-24(39)17-36(26)29(41)25(30(2,3)4)13-23(38)12-22-16-37(35-34-22)31(5,6)7/h8-11,16,18,24-26,39H,12-15,17H2,1-7H3,(H,32,40). The number of rotatable bonds is 9. The number of carbonyl (C=O) groups excluding carboxylic acids is 3. The maximum absolute atomic E-state index is 13.9. The average Bonchev–Trinajstić information content (AvgIpc) is 3.65. The largest absolute Gasteiger partial charge is 0.391 e. The zero-order valence-corrected chi connectivity index (χ0v) is 26.4. The summed E-state index contributed by atoms with van der Waals surface area (Å²) in [7, 11) is 0. The van der Waals surface area contributed by atoms with Gasteiger partial charge < -0.3 is 15.3 Å². The summed E-state index contributed by atoms with van der Waals surface area (Å²) in [5.74, 6) is -1.40. The molecule has 0 saturated carbocycles. The molecule has 2 N–H and O–H groups in total. The van der Waals surface area contributed by atoms with Gasteiger partial charge in [0.1, 0.15) is 11.8 Å². The van der Waals surface area contributed by atoms with Gasteiger partial charge in [-0.25, -0.2) is 9.67 Å². The van der Waals surface area contributed by atoms with Crippen LogP contribution in [-0.4, -0.2) is 66.3 Å². The summed E-state index contributed by atoms with van der Waals surface area (Å²) in [5, 5.41) is 21.7. The van der Waals surface area contributed by atoms with Gasteiger partial charge in [0.2, 0.25) is 11.8 Å². The first-order valence-electron chi connectivity index (χ1n) is 14.3. The number of thiazole rings is 1. The van der Waals surface area contributed by atoms with Gasteiger partial charge in [0.15, 0.2) is 0 Å². The number of Topliss-reactive ketones (excluding diaryl/α,β-unsaturated/α-hetero) is 1. The number of aliphatic hydroxyl groups excluding tert-OH is 1. The predicted octanol–water partition coefficient (Wildman–Crippen LogP) is 3.91. The van der Waals surface area contributed by atoms with Gasteiger partial charge in [-0.15, -0.1) is 16.4 Å². The second-order valence-electron chi connectivity index (χ2n) is 13.2. The van der Waals surface area contributed by atoms with E-state index in [2.05, 4.69) is 20.6 Å². The molecule has 42 heavy (non-hydrogen) atoms. The lowest BCUT2D eigenvalue weighted by atomic mass is 9.76. The highest BCUT2D eigenvalue weighted by atomic mass is 32.1. The van der Waals surface area contributed by atoms with Gasteiger partial charge in [-0.1, -0.05) is 50.3 Å². The maximum atomic E-state index is 13.9. The number of carbonyl (C=O) groups is 3. The number of amides is 2. The van der Waals surface area contributed by atoms with Crippen molar-refractivity contribution >= 4 is 28.9 Å². The van der Waals surface area contributed by atoms with E-state index in [0.29, 0.717) is 12.2 Å². The number of aliphatic hydroxyl groups is 1. The number of hydrogen-bond acceptors (Lipinski definition) is 8. The van der Waals surface area contributed by atoms with Crippen LogP contribution < -0.4 is 5.32 Å². The van der Waals surface area contributed by atoms with Gasteiger partial charge in [0.05, 0.1) is 39.8 Å². The molecule has 0 aliphatic carbocycles. The Morgan fingerprint density at radius 2 is 1.81 bits per heavy atom.